The summed E-state index contributed by atoms with van der Waals surface area (Å²) in [7, 11) is -4.26. The van der Waals surface area contributed by atoms with Crippen molar-refractivity contribution < 1.29 is 32.2 Å². The molecule has 1 amide bonds. The number of carbonyl (C=O) groups is 1. The number of amides is 1. The molecule has 4 rings (SSSR count). The third-order valence-electron chi connectivity index (χ3n) is 6.88. The number of hydrogen-bond donors (Lipinski definition) is 3. The predicted octanol–water partition coefficient (Wildman–Crippen LogP) is 4.15. The molecule has 12 heteroatoms. The van der Waals surface area contributed by atoms with Crippen LogP contribution in [0.15, 0.2) is 29.2 Å². The highest BCUT2D eigenvalue weighted by molar-refractivity contribution is 7.89. The Labute approximate surface area is 219 Å². The van der Waals surface area contributed by atoms with Crippen LogP contribution in [0.1, 0.15) is 62.1 Å². The Kier molecular flexibility index (Phi) is 7.83. The van der Waals surface area contributed by atoms with Crippen LogP contribution in [-0.4, -0.2) is 57.7 Å². The highest BCUT2D eigenvalue weighted by Crippen LogP contribution is 2.41. The fourth-order valence-corrected chi connectivity index (χ4v) is 7.83. The molecule has 3 unspecified atom stereocenters. The van der Waals surface area contributed by atoms with E-state index in [0.29, 0.717) is 32.2 Å². The van der Waals surface area contributed by atoms with Crippen molar-refractivity contribution in [2.24, 2.45) is 0 Å². The molecule has 0 aliphatic carbocycles. The van der Waals surface area contributed by atoms with Gasteiger partial charge in [-0.25, -0.2) is 17.2 Å². The second-order valence-corrected chi connectivity index (χ2v) is 12.1. The van der Waals surface area contributed by atoms with Gasteiger partial charge in [-0.1, -0.05) is 17.7 Å². The molecule has 0 saturated carbocycles. The Bertz CT molecular complexity index is 1340. The van der Waals surface area contributed by atoms with Gasteiger partial charge in [-0.15, -0.1) is 0 Å². The van der Waals surface area contributed by atoms with Gasteiger partial charge >= 0.3 is 0 Å². The van der Waals surface area contributed by atoms with Crippen molar-refractivity contribution in [1.82, 2.24) is 8.87 Å². The van der Waals surface area contributed by atoms with Gasteiger partial charge in [-0.05, 0) is 64.2 Å². The second kappa shape index (κ2) is 10.5. The second-order valence-electron chi connectivity index (χ2n) is 9.93. The molecule has 3 heterocycles. The number of sulfonamides is 1. The van der Waals surface area contributed by atoms with Crippen LogP contribution in [0.25, 0.3) is 6.08 Å². The third-order valence-corrected chi connectivity index (χ3v) is 9.51. The third kappa shape index (κ3) is 5.33. The van der Waals surface area contributed by atoms with Gasteiger partial charge in [0, 0.05) is 30.4 Å². The molecule has 1 fully saturated rings. The number of hydrogen-bond acceptors (Lipinski definition) is 5. The van der Waals surface area contributed by atoms with E-state index in [4.69, 9.17) is 11.6 Å². The Morgan fingerprint density at radius 1 is 1.27 bits per heavy atom. The summed E-state index contributed by atoms with van der Waals surface area (Å²) in [6.45, 7) is 3.00. The maximum atomic E-state index is 14.1. The lowest BCUT2D eigenvalue weighted by molar-refractivity contribution is -0.0169. The topological polar surface area (TPSA) is 112 Å². The molecule has 3 atom stereocenters. The highest BCUT2D eigenvalue weighted by Gasteiger charge is 2.45. The number of aliphatic hydroxyl groups is 2. The van der Waals surface area contributed by atoms with Gasteiger partial charge in [-0.3, -0.25) is 4.79 Å². The van der Waals surface area contributed by atoms with Crippen molar-refractivity contribution in [1.29, 1.82) is 0 Å². The molecular weight excluding hydrogens is 528 g/mol. The van der Waals surface area contributed by atoms with Crippen molar-refractivity contribution >= 4 is 39.3 Å². The van der Waals surface area contributed by atoms with Gasteiger partial charge in [0.2, 0.25) is 10.0 Å². The number of halogens is 3. The van der Waals surface area contributed by atoms with Gasteiger partial charge in [-0.2, -0.15) is 4.31 Å². The molecule has 0 bridgehead atoms. The van der Waals surface area contributed by atoms with Gasteiger partial charge in [0.05, 0.1) is 22.9 Å². The van der Waals surface area contributed by atoms with Crippen LogP contribution in [0.2, 0.25) is 5.02 Å². The minimum absolute atomic E-state index is 0.0106. The van der Waals surface area contributed by atoms with Crippen molar-refractivity contribution in [2.45, 2.75) is 75.1 Å². The fraction of sp³-hybridized carbons (Fsp3) is 0.480. The van der Waals surface area contributed by atoms with E-state index in [1.54, 1.807) is 13.0 Å². The first kappa shape index (κ1) is 27.7. The first-order valence-corrected chi connectivity index (χ1v) is 13.9. The fourth-order valence-electron chi connectivity index (χ4n) is 5.12. The molecule has 2 aliphatic heterocycles. The average molecular weight is 558 g/mol. The number of fused-ring (bicyclic) bond motifs is 1. The Balaban J connectivity index is 1.80. The van der Waals surface area contributed by atoms with Crippen LogP contribution >= 0.6 is 11.6 Å². The maximum absolute atomic E-state index is 14.1. The van der Waals surface area contributed by atoms with Crippen LogP contribution in [0.3, 0.4) is 0 Å². The molecule has 3 N–H and O–H groups in total. The lowest BCUT2D eigenvalue weighted by atomic mass is 9.97. The number of aromatic nitrogens is 1. The predicted molar refractivity (Wildman–Crippen MR) is 136 cm³/mol. The highest BCUT2D eigenvalue weighted by atomic mass is 35.5. The zero-order valence-electron chi connectivity index (χ0n) is 20.5. The number of aliphatic hydroxyl groups excluding tert-OH is 1. The van der Waals surface area contributed by atoms with Crippen molar-refractivity contribution in [2.75, 3.05) is 11.9 Å². The lowest BCUT2D eigenvalue weighted by Crippen LogP contribution is -2.45. The summed E-state index contributed by atoms with van der Waals surface area (Å²) in [5.41, 5.74) is -1.33. The molecule has 1 aromatic heterocycles. The van der Waals surface area contributed by atoms with Crippen molar-refractivity contribution in [3.05, 3.63) is 52.3 Å². The molecular formula is C25H30ClF2N3O5S. The Hall–Kier alpha value is -2.31. The molecule has 37 heavy (non-hydrogen) atoms. The van der Waals surface area contributed by atoms with Crippen LogP contribution in [0.4, 0.5) is 14.5 Å². The Morgan fingerprint density at radius 2 is 2.00 bits per heavy atom. The van der Waals surface area contributed by atoms with E-state index in [-0.39, 0.29) is 33.4 Å². The first-order valence-electron chi connectivity index (χ1n) is 12.1. The molecule has 0 spiro atoms. The van der Waals surface area contributed by atoms with E-state index in [1.807, 2.05) is 6.08 Å². The average Bonchev–Trinajstić information content (AvgIpc) is 3.22. The first-order chi connectivity index (χ1) is 17.4. The van der Waals surface area contributed by atoms with Crippen LogP contribution in [-0.2, 0) is 16.6 Å². The number of rotatable bonds is 7. The molecule has 0 radical (unpaired) electrons. The number of carbonyl (C=O) groups excluding carboxylic acids is 1. The van der Waals surface area contributed by atoms with E-state index >= 15 is 0 Å². The van der Waals surface area contributed by atoms with Gasteiger partial charge in [0.25, 0.3) is 5.91 Å². The van der Waals surface area contributed by atoms with E-state index in [2.05, 4.69) is 5.32 Å². The summed E-state index contributed by atoms with van der Waals surface area (Å²) in [5, 5.41) is 22.2. The number of nitrogens with one attached hydrogen (secondary N) is 1. The summed E-state index contributed by atoms with van der Waals surface area (Å²) in [6.07, 6.45) is 5.79. The van der Waals surface area contributed by atoms with Crippen molar-refractivity contribution in [3.8, 4) is 0 Å². The van der Waals surface area contributed by atoms with Crippen LogP contribution < -0.4 is 5.32 Å². The number of allylic oxidation sites excluding steroid dienone is 1. The summed E-state index contributed by atoms with van der Waals surface area (Å²) >= 11 is 6.66. The molecule has 2 aliphatic rings. The normalized spacial score (nSPS) is 21.9. The van der Waals surface area contributed by atoms with Crippen LogP contribution in [0, 0.1) is 11.6 Å². The minimum atomic E-state index is -4.26. The maximum Gasteiger partial charge on any atom is 0.273 e. The summed E-state index contributed by atoms with van der Waals surface area (Å²) in [5.74, 6) is -2.97. The van der Waals surface area contributed by atoms with Gasteiger partial charge < -0.3 is 20.1 Å². The Morgan fingerprint density at radius 3 is 2.68 bits per heavy atom. The number of anilines is 1. The van der Waals surface area contributed by atoms with Crippen molar-refractivity contribution in [3.63, 3.8) is 0 Å². The smallest absolute Gasteiger partial charge is 0.273 e. The summed E-state index contributed by atoms with van der Waals surface area (Å²) < 4.78 is 58.2. The molecule has 202 valence electrons. The van der Waals surface area contributed by atoms with E-state index in [9.17, 15) is 32.2 Å². The van der Waals surface area contributed by atoms with Crippen LogP contribution in [0.5, 0.6) is 0 Å². The zero-order chi connectivity index (χ0) is 27.1. The number of benzene rings is 1. The standard InChI is InChI=1S/C25H30ClF2N3O5S/c1-15-7-9-17(13-25(2,34)14-32)31(15)37(35,36)23-20-6-4-3-5-11-30(20)22(21(23)26)24(33)29-16-8-10-18(27)19(28)12-16/h4,6,8,10,12,15,17,32,34H,3,5,7,9,11,13-14H2,1-2H3,(H,29,33). The SMILES string of the molecule is CC1CCC(CC(C)(O)CO)N1S(=O)(=O)c1c(Cl)c(C(=O)Nc2ccc(F)c(F)c2)n2c1C=CCCC2. The molecule has 1 saturated heterocycles. The molecule has 8 nitrogen and oxygen atoms in total. The van der Waals surface area contributed by atoms with E-state index in [1.165, 1.54) is 21.9 Å². The number of nitrogens with zero attached hydrogens (tertiary/aromatic N) is 2. The zero-order valence-corrected chi connectivity index (χ0v) is 22.1. The quantitative estimate of drug-likeness (QED) is 0.473. The monoisotopic (exact) mass is 557 g/mol. The van der Waals surface area contributed by atoms with E-state index in [0.717, 1.165) is 12.1 Å². The minimum Gasteiger partial charge on any atom is -0.393 e. The lowest BCUT2D eigenvalue weighted by Gasteiger charge is -2.32. The van der Waals surface area contributed by atoms with Gasteiger partial charge in [0.1, 0.15) is 10.6 Å². The molecule has 1 aromatic carbocycles. The molecule has 2 aromatic rings. The van der Waals surface area contributed by atoms with E-state index < -0.39 is 51.9 Å². The van der Waals surface area contributed by atoms with Gasteiger partial charge in [0.15, 0.2) is 11.6 Å². The largest absolute Gasteiger partial charge is 0.393 e. The summed E-state index contributed by atoms with van der Waals surface area (Å²) in [4.78, 5) is 13.1. The summed E-state index contributed by atoms with van der Waals surface area (Å²) in [6, 6.07) is 1.92.